The van der Waals surface area contributed by atoms with Gasteiger partial charge in [0.1, 0.15) is 11.5 Å². The van der Waals surface area contributed by atoms with Crippen LogP contribution in [0, 0.1) is 0 Å². The third kappa shape index (κ3) is 6.87. The molecule has 0 fully saturated rings. The lowest BCUT2D eigenvalue weighted by Gasteiger charge is -2.16. The van der Waals surface area contributed by atoms with Gasteiger partial charge in [0.05, 0.1) is 5.69 Å². The summed E-state index contributed by atoms with van der Waals surface area (Å²) in [5.74, 6) is -1.50. The number of amides is 1. The zero-order chi connectivity index (χ0) is 21.4. The average molecular weight is 407 g/mol. The van der Waals surface area contributed by atoms with Gasteiger partial charge in [0.2, 0.25) is 0 Å². The summed E-state index contributed by atoms with van der Waals surface area (Å²) in [5.41, 5.74) is 0.517. The van der Waals surface area contributed by atoms with Crippen molar-refractivity contribution >= 4 is 23.3 Å². The fraction of sp³-hybridized carbons (Fsp3) is 0.250. The first-order valence-corrected chi connectivity index (χ1v) is 8.54. The molecular weight excluding hydrogens is 388 g/mol. The second-order valence-electron chi connectivity index (χ2n) is 5.87. The van der Waals surface area contributed by atoms with E-state index in [0.717, 1.165) is 0 Å². The van der Waals surface area contributed by atoms with E-state index in [2.05, 4.69) is 10.1 Å². The number of ether oxygens (including phenoxy) is 3. The summed E-state index contributed by atoms with van der Waals surface area (Å²) in [6, 6.07) is 11.8. The predicted octanol–water partition coefficient (Wildman–Crippen LogP) is 3.44. The molecule has 0 spiro atoms. The van der Waals surface area contributed by atoms with E-state index in [-0.39, 0.29) is 17.2 Å². The van der Waals surface area contributed by atoms with E-state index < -0.39 is 31.2 Å². The molecule has 2 rings (SSSR count). The number of nitrogens with one attached hydrogen (secondary N) is 1. The second-order valence-corrected chi connectivity index (χ2v) is 5.87. The molecule has 0 heterocycles. The van der Waals surface area contributed by atoms with Gasteiger partial charge in [-0.1, -0.05) is 12.1 Å². The molecule has 0 bridgehead atoms. The van der Waals surface area contributed by atoms with Crippen molar-refractivity contribution in [1.82, 2.24) is 0 Å². The highest BCUT2D eigenvalue weighted by Gasteiger charge is 2.20. The van der Waals surface area contributed by atoms with Gasteiger partial charge < -0.3 is 19.5 Å². The minimum Gasteiger partial charge on any atom is -0.482 e. The van der Waals surface area contributed by atoms with Crippen molar-refractivity contribution < 1.29 is 37.4 Å². The summed E-state index contributed by atoms with van der Waals surface area (Å²) >= 11 is 0. The first kappa shape index (κ1) is 21.8. The molecule has 1 N–H and O–H groups in total. The molecule has 7 nitrogen and oxygen atoms in total. The number of anilines is 1. The van der Waals surface area contributed by atoms with Crippen LogP contribution in [-0.2, 0) is 14.3 Å². The van der Waals surface area contributed by atoms with Gasteiger partial charge in [-0.05, 0) is 50.2 Å². The molecule has 1 atom stereocenters. The highest BCUT2D eigenvalue weighted by molar-refractivity contribution is 5.96. The number of benzene rings is 2. The van der Waals surface area contributed by atoms with Crippen molar-refractivity contribution in [3.63, 3.8) is 0 Å². The number of rotatable bonds is 9. The summed E-state index contributed by atoms with van der Waals surface area (Å²) in [6.07, 6.45) is -1.20. The summed E-state index contributed by atoms with van der Waals surface area (Å²) in [5, 5.41) is 2.36. The van der Waals surface area contributed by atoms with Crippen molar-refractivity contribution in [3.8, 4) is 11.5 Å². The molecule has 0 aliphatic carbocycles. The van der Waals surface area contributed by atoms with Crippen molar-refractivity contribution in [1.29, 1.82) is 0 Å². The van der Waals surface area contributed by atoms with Crippen molar-refractivity contribution in [2.45, 2.75) is 26.6 Å². The van der Waals surface area contributed by atoms with E-state index in [4.69, 9.17) is 9.47 Å². The number of alkyl halides is 2. The number of Topliss-reactive ketones (excluding diaryl/α,β-unsaturated/α-hetero) is 1. The molecule has 0 aliphatic rings. The highest BCUT2D eigenvalue weighted by atomic mass is 19.3. The zero-order valence-electron chi connectivity index (χ0n) is 15.7. The molecule has 0 radical (unpaired) electrons. The minimum absolute atomic E-state index is 0.0162. The van der Waals surface area contributed by atoms with Crippen LogP contribution in [-0.4, -0.2) is 37.0 Å². The zero-order valence-corrected chi connectivity index (χ0v) is 15.7. The molecule has 154 valence electrons. The fourth-order valence-corrected chi connectivity index (χ4v) is 2.22. The Balaban J connectivity index is 1.86. The normalized spacial score (nSPS) is 11.5. The molecule has 9 heteroatoms. The molecule has 1 amide bonds. The Morgan fingerprint density at radius 3 is 2.31 bits per heavy atom. The Morgan fingerprint density at radius 2 is 1.69 bits per heavy atom. The first-order chi connectivity index (χ1) is 13.8. The topological polar surface area (TPSA) is 90.9 Å². The predicted molar refractivity (Wildman–Crippen MR) is 99.2 cm³/mol. The Morgan fingerprint density at radius 1 is 1.03 bits per heavy atom. The van der Waals surface area contributed by atoms with Gasteiger partial charge in [0.15, 0.2) is 18.5 Å². The molecule has 0 aromatic heterocycles. The van der Waals surface area contributed by atoms with Crippen LogP contribution in [0.5, 0.6) is 11.5 Å². The number of carbonyl (C=O) groups is 3. The molecule has 2 aromatic rings. The summed E-state index contributed by atoms with van der Waals surface area (Å²) < 4.78 is 39.4. The third-order valence-corrected chi connectivity index (χ3v) is 3.66. The Hall–Kier alpha value is -3.49. The summed E-state index contributed by atoms with van der Waals surface area (Å²) in [7, 11) is 0. The second kappa shape index (κ2) is 10.2. The molecule has 0 saturated heterocycles. The Kier molecular flexibility index (Phi) is 7.64. The van der Waals surface area contributed by atoms with E-state index >= 15 is 0 Å². The van der Waals surface area contributed by atoms with E-state index in [0.29, 0.717) is 11.3 Å². The number of hydrogen-bond acceptors (Lipinski definition) is 6. The number of ketones is 1. The first-order valence-electron chi connectivity index (χ1n) is 8.54. The van der Waals surface area contributed by atoms with Gasteiger partial charge in [0.25, 0.3) is 5.91 Å². The largest absolute Gasteiger partial charge is 0.482 e. The van der Waals surface area contributed by atoms with E-state index in [1.165, 1.54) is 50.2 Å². The molecule has 0 unspecified atom stereocenters. The van der Waals surface area contributed by atoms with Crippen LogP contribution in [0.25, 0.3) is 0 Å². The quantitative estimate of drug-likeness (QED) is 0.506. The standard InChI is InChI=1S/C20H19F2NO6/c1-12(24)14-7-9-15(10-8-14)27-11-18(25)28-13(2)19(26)23-16-5-3-4-6-17(16)29-20(21)22/h3-10,13,20H,11H2,1-2H3,(H,23,26)/t13-/m1/s1. The smallest absolute Gasteiger partial charge is 0.387 e. The molecule has 0 aliphatic heterocycles. The number of hydrogen-bond donors (Lipinski definition) is 1. The van der Waals surface area contributed by atoms with Gasteiger partial charge in [-0.25, -0.2) is 4.79 Å². The Labute approximate surface area is 165 Å². The highest BCUT2D eigenvalue weighted by Crippen LogP contribution is 2.25. The maximum Gasteiger partial charge on any atom is 0.387 e. The number of esters is 1. The van der Waals surface area contributed by atoms with Crippen LogP contribution >= 0.6 is 0 Å². The monoisotopic (exact) mass is 407 g/mol. The average Bonchev–Trinajstić information content (AvgIpc) is 2.67. The van der Waals surface area contributed by atoms with Crippen LogP contribution in [0.2, 0.25) is 0 Å². The lowest BCUT2D eigenvalue weighted by atomic mass is 10.1. The van der Waals surface area contributed by atoms with Crippen molar-refractivity contribution in [3.05, 3.63) is 54.1 Å². The van der Waals surface area contributed by atoms with Crippen LogP contribution in [0.1, 0.15) is 24.2 Å². The van der Waals surface area contributed by atoms with Crippen molar-refractivity contribution in [2.24, 2.45) is 0 Å². The van der Waals surface area contributed by atoms with Gasteiger partial charge in [-0.15, -0.1) is 0 Å². The van der Waals surface area contributed by atoms with Crippen LogP contribution in [0.15, 0.2) is 48.5 Å². The summed E-state index contributed by atoms with van der Waals surface area (Å²) in [4.78, 5) is 35.2. The fourth-order valence-electron chi connectivity index (χ4n) is 2.22. The number of carbonyl (C=O) groups excluding carboxylic acids is 3. The van der Waals surface area contributed by atoms with Gasteiger partial charge in [0, 0.05) is 5.56 Å². The van der Waals surface area contributed by atoms with Gasteiger partial charge in [-0.3, -0.25) is 9.59 Å². The molecular formula is C20H19F2NO6. The SMILES string of the molecule is CC(=O)c1ccc(OCC(=O)O[C@H](C)C(=O)Nc2ccccc2OC(F)F)cc1. The van der Waals surface area contributed by atoms with E-state index in [1.54, 1.807) is 12.1 Å². The maximum atomic E-state index is 12.4. The minimum atomic E-state index is -3.05. The molecule has 29 heavy (non-hydrogen) atoms. The van der Waals surface area contributed by atoms with Crippen molar-refractivity contribution in [2.75, 3.05) is 11.9 Å². The van der Waals surface area contributed by atoms with E-state index in [1.807, 2.05) is 0 Å². The van der Waals surface area contributed by atoms with Crippen LogP contribution in [0.3, 0.4) is 0 Å². The lowest BCUT2D eigenvalue weighted by Crippen LogP contribution is -2.31. The van der Waals surface area contributed by atoms with Gasteiger partial charge >= 0.3 is 12.6 Å². The summed E-state index contributed by atoms with van der Waals surface area (Å²) in [6.45, 7) is -0.754. The van der Waals surface area contributed by atoms with E-state index in [9.17, 15) is 23.2 Å². The third-order valence-electron chi connectivity index (χ3n) is 3.66. The number of para-hydroxylation sites is 2. The Bertz CT molecular complexity index is 870. The molecule has 0 saturated carbocycles. The lowest BCUT2D eigenvalue weighted by molar-refractivity contribution is -0.155. The van der Waals surface area contributed by atoms with Gasteiger partial charge in [-0.2, -0.15) is 8.78 Å². The van der Waals surface area contributed by atoms with Crippen LogP contribution < -0.4 is 14.8 Å². The molecule has 2 aromatic carbocycles. The van der Waals surface area contributed by atoms with Crippen LogP contribution in [0.4, 0.5) is 14.5 Å². The number of halogens is 2. The maximum absolute atomic E-state index is 12.4.